The van der Waals surface area contributed by atoms with Crippen LogP contribution in [0.2, 0.25) is 0 Å². The van der Waals surface area contributed by atoms with Crippen LogP contribution < -0.4 is 15.4 Å². The first kappa shape index (κ1) is 21.6. The van der Waals surface area contributed by atoms with E-state index < -0.39 is 17.9 Å². The van der Waals surface area contributed by atoms with Crippen molar-refractivity contribution in [1.29, 1.82) is 0 Å². The molecule has 0 aliphatic rings. The molecule has 0 radical (unpaired) electrons. The summed E-state index contributed by atoms with van der Waals surface area (Å²) < 4.78 is 18.5. The zero-order valence-electron chi connectivity index (χ0n) is 16.8. The van der Waals surface area contributed by atoms with Gasteiger partial charge in [-0.05, 0) is 48.4 Å². The molecule has 3 aromatic rings. The molecule has 0 aliphatic carbocycles. The third-order valence-electron chi connectivity index (χ3n) is 4.35. The van der Waals surface area contributed by atoms with Crippen LogP contribution in [0.5, 0.6) is 5.88 Å². The third kappa shape index (κ3) is 5.72. The van der Waals surface area contributed by atoms with Gasteiger partial charge in [0.15, 0.2) is 0 Å². The molecule has 3 heterocycles. The van der Waals surface area contributed by atoms with Gasteiger partial charge >= 0.3 is 6.09 Å². The highest BCUT2D eigenvalue weighted by molar-refractivity contribution is 5.93. The summed E-state index contributed by atoms with van der Waals surface area (Å²) in [5.74, 6) is -0.661. The summed E-state index contributed by atoms with van der Waals surface area (Å²) >= 11 is 0. The molecule has 160 valence electrons. The van der Waals surface area contributed by atoms with Gasteiger partial charge in [-0.15, -0.1) is 0 Å². The number of nitrogens with one attached hydrogen (secondary N) is 2. The number of carbonyl (C=O) groups excluding carboxylic acids is 1. The van der Waals surface area contributed by atoms with Crippen molar-refractivity contribution in [3.63, 3.8) is 0 Å². The number of aromatic nitrogens is 3. The number of ether oxygens (including phenoxy) is 1. The van der Waals surface area contributed by atoms with Crippen molar-refractivity contribution in [2.24, 2.45) is 0 Å². The van der Waals surface area contributed by atoms with E-state index in [4.69, 9.17) is 9.84 Å². The molecule has 0 spiro atoms. The quantitative estimate of drug-likeness (QED) is 0.497. The van der Waals surface area contributed by atoms with E-state index in [0.717, 1.165) is 5.56 Å². The predicted octanol–water partition coefficient (Wildman–Crippen LogP) is 2.69. The van der Waals surface area contributed by atoms with Gasteiger partial charge in [0.1, 0.15) is 5.69 Å². The highest BCUT2D eigenvalue weighted by Crippen LogP contribution is 2.22. The van der Waals surface area contributed by atoms with E-state index in [9.17, 15) is 14.0 Å². The molecule has 0 aromatic carbocycles. The van der Waals surface area contributed by atoms with Crippen LogP contribution in [-0.4, -0.2) is 39.2 Å². The Hall–Kier alpha value is -4.08. The number of carboxylic acid groups (broad SMARTS) is 1. The Bertz CT molecular complexity index is 1120. The Labute approximate surface area is 177 Å². The first-order valence-electron chi connectivity index (χ1n) is 9.24. The number of nitrogens with zero attached hydrogens (tertiary/aromatic N) is 3. The number of hydrogen-bond acceptors (Lipinski definition) is 6. The topological polar surface area (TPSA) is 126 Å². The van der Waals surface area contributed by atoms with Gasteiger partial charge in [0.2, 0.25) is 11.8 Å². The summed E-state index contributed by atoms with van der Waals surface area (Å²) in [5.41, 5.74) is 2.70. The maximum atomic E-state index is 13.4. The van der Waals surface area contributed by atoms with Crippen LogP contribution in [0.4, 0.5) is 9.18 Å². The summed E-state index contributed by atoms with van der Waals surface area (Å²) in [5, 5.41) is 13.9. The molecule has 3 aromatic heterocycles. The maximum Gasteiger partial charge on any atom is 0.404 e. The van der Waals surface area contributed by atoms with E-state index in [1.165, 1.54) is 25.3 Å². The molecule has 9 nitrogen and oxygen atoms in total. The molecule has 0 fully saturated rings. The average molecular weight is 425 g/mol. The number of pyridine rings is 3. The molecule has 3 rings (SSSR count). The summed E-state index contributed by atoms with van der Waals surface area (Å²) in [6, 6.07) is 9.26. The summed E-state index contributed by atoms with van der Waals surface area (Å²) in [6.45, 7) is 1.81. The van der Waals surface area contributed by atoms with Crippen molar-refractivity contribution in [2.75, 3.05) is 7.11 Å². The second kappa shape index (κ2) is 9.61. The Morgan fingerprint density at radius 1 is 1.06 bits per heavy atom. The molecule has 2 amide bonds. The van der Waals surface area contributed by atoms with Crippen LogP contribution in [0, 0.1) is 12.9 Å². The van der Waals surface area contributed by atoms with Crippen LogP contribution in [0.25, 0.3) is 11.3 Å². The first-order valence-corrected chi connectivity index (χ1v) is 9.24. The lowest BCUT2D eigenvalue weighted by atomic mass is 10.1. The maximum absolute atomic E-state index is 13.4. The second-order valence-electron chi connectivity index (χ2n) is 6.56. The highest BCUT2D eigenvalue weighted by atomic mass is 19.1. The van der Waals surface area contributed by atoms with E-state index in [1.807, 2.05) is 0 Å². The van der Waals surface area contributed by atoms with Crippen molar-refractivity contribution >= 4 is 12.0 Å². The molecule has 0 aliphatic heterocycles. The Morgan fingerprint density at radius 3 is 2.55 bits per heavy atom. The van der Waals surface area contributed by atoms with Crippen molar-refractivity contribution in [3.8, 4) is 17.1 Å². The summed E-state index contributed by atoms with van der Waals surface area (Å²) in [6.07, 6.45) is 0.370. The number of methoxy groups -OCH3 is 1. The zero-order chi connectivity index (χ0) is 22.4. The number of rotatable bonds is 7. The second-order valence-corrected chi connectivity index (χ2v) is 6.56. The van der Waals surface area contributed by atoms with Gasteiger partial charge < -0.3 is 20.5 Å². The predicted molar refractivity (Wildman–Crippen MR) is 109 cm³/mol. The van der Waals surface area contributed by atoms with Crippen molar-refractivity contribution in [2.45, 2.75) is 20.0 Å². The minimum Gasteiger partial charge on any atom is -0.481 e. The molecule has 0 saturated carbocycles. The number of carbonyl (C=O) groups is 2. The van der Waals surface area contributed by atoms with E-state index in [0.29, 0.717) is 28.4 Å². The number of aryl methyl sites for hydroxylation is 1. The first-order chi connectivity index (χ1) is 14.9. The van der Waals surface area contributed by atoms with Crippen LogP contribution in [0.15, 0.2) is 42.6 Å². The Morgan fingerprint density at radius 2 is 1.84 bits per heavy atom. The van der Waals surface area contributed by atoms with E-state index in [-0.39, 0.29) is 18.8 Å². The zero-order valence-corrected chi connectivity index (χ0v) is 16.8. The fourth-order valence-corrected chi connectivity index (χ4v) is 2.87. The van der Waals surface area contributed by atoms with Crippen LogP contribution >= 0.6 is 0 Å². The molecule has 10 heteroatoms. The molecule has 0 bridgehead atoms. The normalized spacial score (nSPS) is 10.4. The summed E-state index contributed by atoms with van der Waals surface area (Å²) in [4.78, 5) is 35.8. The lowest BCUT2D eigenvalue weighted by Crippen LogP contribution is -2.25. The Kier molecular flexibility index (Phi) is 6.71. The Balaban J connectivity index is 1.88. The molecule has 31 heavy (non-hydrogen) atoms. The van der Waals surface area contributed by atoms with Gasteiger partial charge in [0.25, 0.3) is 5.91 Å². The molecular weight excluding hydrogens is 405 g/mol. The van der Waals surface area contributed by atoms with E-state index >= 15 is 0 Å². The standard InChI is InChI=1S/C21H20FN5O4/c1-12-15(3-4-18(22)26-12)16-7-14(11-25-21(29)30)8-17(27-16)20(28)24-10-13-5-6-23-19(9-13)31-2/h3-9,25H,10-11H2,1-2H3,(H,24,28)(H,29,30). The van der Waals surface area contributed by atoms with Crippen molar-refractivity contribution < 1.29 is 23.8 Å². The van der Waals surface area contributed by atoms with Crippen molar-refractivity contribution in [1.82, 2.24) is 25.6 Å². The van der Waals surface area contributed by atoms with Gasteiger partial charge in [-0.1, -0.05) is 0 Å². The number of hydrogen-bond donors (Lipinski definition) is 3. The summed E-state index contributed by atoms with van der Waals surface area (Å²) in [7, 11) is 1.50. The molecular formula is C21H20FN5O4. The van der Waals surface area contributed by atoms with Gasteiger partial charge in [-0.2, -0.15) is 4.39 Å². The molecule has 3 N–H and O–H groups in total. The molecule has 0 unspecified atom stereocenters. The van der Waals surface area contributed by atoms with Gasteiger partial charge in [-0.25, -0.2) is 19.7 Å². The largest absolute Gasteiger partial charge is 0.481 e. The van der Waals surface area contributed by atoms with Crippen LogP contribution in [0.3, 0.4) is 0 Å². The van der Waals surface area contributed by atoms with Gasteiger partial charge in [0, 0.05) is 36.6 Å². The minimum absolute atomic E-state index is 0.0274. The van der Waals surface area contributed by atoms with Gasteiger partial charge in [-0.3, -0.25) is 4.79 Å². The lowest BCUT2D eigenvalue weighted by Gasteiger charge is -2.11. The van der Waals surface area contributed by atoms with E-state index in [1.54, 1.807) is 31.3 Å². The molecule has 0 atom stereocenters. The SMILES string of the molecule is COc1cc(CNC(=O)c2cc(CNC(=O)O)cc(-c3ccc(F)nc3C)n2)ccn1. The fourth-order valence-electron chi connectivity index (χ4n) is 2.87. The number of halogens is 1. The fraction of sp³-hybridized carbons (Fsp3) is 0.190. The van der Waals surface area contributed by atoms with Gasteiger partial charge in [0.05, 0.1) is 12.8 Å². The number of amides is 2. The highest BCUT2D eigenvalue weighted by Gasteiger charge is 2.14. The third-order valence-corrected chi connectivity index (χ3v) is 4.35. The minimum atomic E-state index is -1.20. The van der Waals surface area contributed by atoms with Crippen LogP contribution in [0.1, 0.15) is 27.3 Å². The van der Waals surface area contributed by atoms with Crippen LogP contribution in [-0.2, 0) is 13.1 Å². The average Bonchev–Trinajstić information content (AvgIpc) is 2.76. The van der Waals surface area contributed by atoms with E-state index in [2.05, 4.69) is 25.6 Å². The molecule has 0 saturated heterocycles. The lowest BCUT2D eigenvalue weighted by molar-refractivity contribution is 0.0946. The smallest absolute Gasteiger partial charge is 0.404 e. The monoisotopic (exact) mass is 425 g/mol. The van der Waals surface area contributed by atoms with Crippen molar-refractivity contribution in [3.05, 3.63) is 71.1 Å².